The van der Waals surface area contributed by atoms with Crippen LogP contribution in [0, 0.1) is 5.92 Å². The predicted molar refractivity (Wildman–Crippen MR) is 61.1 cm³/mol. The molecule has 1 aliphatic carbocycles. The van der Waals surface area contributed by atoms with E-state index >= 15 is 0 Å². The number of carboxylic acids is 1. The molecule has 0 radical (unpaired) electrons. The summed E-state index contributed by atoms with van der Waals surface area (Å²) in [5.74, 6) is -0.862. The highest BCUT2D eigenvalue weighted by atomic mass is 16.4. The average Bonchev–Trinajstić information content (AvgIpc) is 2.25. The van der Waals surface area contributed by atoms with E-state index in [9.17, 15) is 14.7 Å². The van der Waals surface area contributed by atoms with Crippen LogP contribution in [-0.4, -0.2) is 34.5 Å². The minimum Gasteiger partial charge on any atom is -0.480 e. The van der Waals surface area contributed by atoms with Crippen molar-refractivity contribution in [3.05, 3.63) is 0 Å². The summed E-state index contributed by atoms with van der Waals surface area (Å²) in [6, 6.07) is -0.622. The summed E-state index contributed by atoms with van der Waals surface area (Å²) in [5.41, 5.74) is 0. The normalized spacial score (nSPS) is 19.1. The number of likely N-dealkylation sites (N-methyl/N-ethyl adjacent to an activating group) is 1. The summed E-state index contributed by atoms with van der Waals surface area (Å²) in [5, 5.41) is 9.28. The molecular formula is C12H21NO3. The van der Waals surface area contributed by atoms with Crippen molar-refractivity contribution >= 4 is 11.9 Å². The third kappa shape index (κ3) is 2.97. The monoisotopic (exact) mass is 227 g/mol. The highest BCUT2D eigenvalue weighted by molar-refractivity contribution is 5.82. The van der Waals surface area contributed by atoms with Gasteiger partial charge in [0.2, 0.25) is 5.91 Å². The number of aliphatic carboxylic acids is 1. The molecule has 0 heterocycles. The maximum absolute atomic E-state index is 11.4. The standard InChI is InChI=1S/C12H21NO3/c1-3-13(9(2)14)11(12(15)16)10-7-5-4-6-8-10/h10-11H,3-8H2,1-2H3,(H,15,16). The van der Waals surface area contributed by atoms with Crippen LogP contribution in [0.3, 0.4) is 0 Å². The van der Waals surface area contributed by atoms with Crippen LogP contribution in [-0.2, 0) is 9.59 Å². The first-order valence-electron chi connectivity index (χ1n) is 6.08. The number of hydrogen-bond acceptors (Lipinski definition) is 2. The number of rotatable bonds is 4. The SMILES string of the molecule is CCN(C(C)=O)C(C(=O)O)C1CCCCC1. The number of carbonyl (C=O) groups is 2. The summed E-state index contributed by atoms with van der Waals surface area (Å²) in [6.07, 6.45) is 5.23. The van der Waals surface area contributed by atoms with Gasteiger partial charge in [0.1, 0.15) is 6.04 Å². The van der Waals surface area contributed by atoms with Crippen LogP contribution in [0.25, 0.3) is 0 Å². The Bertz CT molecular complexity index is 259. The van der Waals surface area contributed by atoms with E-state index in [2.05, 4.69) is 0 Å². The molecule has 4 nitrogen and oxygen atoms in total. The molecule has 0 aromatic heterocycles. The summed E-state index contributed by atoms with van der Waals surface area (Å²) in [4.78, 5) is 24.2. The second kappa shape index (κ2) is 5.87. The lowest BCUT2D eigenvalue weighted by Crippen LogP contribution is -2.48. The summed E-state index contributed by atoms with van der Waals surface area (Å²) >= 11 is 0. The first-order chi connectivity index (χ1) is 7.57. The Morgan fingerprint density at radius 1 is 1.31 bits per heavy atom. The second-order valence-corrected chi connectivity index (χ2v) is 4.49. The molecule has 4 heteroatoms. The largest absolute Gasteiger partial charge is 0.480 e. The number of carboxylic acid groups (broad SMARTS) is 1. The number of hydrogen-bond donors (Lipinski definition) is 1. The molecular weight excluding hydrogens is 206 g/mol. The van der Waals surface area contributed by atoms with Crippen LogP contribution >= 0.6 is 0 Å². The van der Waals surface area contributed by atoms with Crippen molar-refractivity contribution in [2.24, 2.45) is 5.92 Å². The van der Waals surface area contributed by atoms with Gasteiger partial charge < -0.3 is 10.0 Å². The minimum absolute atomic E-state index is 0.134. The van der Waals surface area contributed by atoms with Crippen LogP contribution in [0.1, 0.15) is 46.0 Å². The van der Waals surface area contributed by atoms with Gasteiger partial charge in [-0.25, -0.2) is 4.79 Å². The average molecular weight is 227 g/mol. The maximum atomic E-state index is 11.4. The molecule has 0 bridgehead atoms. The van der Waals surface area contributed by atoms with Crippen LogP contribution in [0.4, 0.5) is 0 Å². The van der Waals surface area contributed by atoms with Crippen molar-refractivity contribution in [1.82, 2.24) is 4.90 Å². The fourth-order valence-corrected chi connectivity index (χ4v) is 2.65. The van der Waals surface area contributed by atoms with Crippen molar-refractivity contribution in [3.8, 4) is 0 Å². The van der Waals surface area contributed by atoms with Gasteiger partial charge in [-0.15, -0.1) is 0 Å². The highest BCUT2D eigenvalue weighted by Crippen LogP contribution is 2.29. The highest BCUT2D eigenvalue weighted by Gasteiger charge is 2.34. The Hall–Kier alpha value is -1.06. The van der Waals surface area contributed by atoms with E-state index in [1.54, 1.807) is 0 Å². The maximum Gasteiger partial charge on any atom is 0.326 e. The first-order valence-corrected chi connectivity index (χ1v) is 6.08. The molecule has 1 aliphatic rings. The molecule has 1 N–H and O–H groups in total. The van der Waals surface area contributed by atoms with Crippen molar-refractivity contribution in [2.45, 2.75) is 52.0 Å². The molecule has 1 amide bonds. The lowest BCUT2D eigenvalue weighted by molar-refractivity contribution is -0.152. The van der Waals surface area contributed by atoms with E-state index in [1.807, 2.05) is 6.92 Å². The van der Waals surface area contributed by atoms with E-state index < -0.39 is 12.0 Å². The number of amides is 1. The van der Waals surface area contributed by atoms with E-state index in [4.69, 9.17) is 0 Å². The van der Waals surface area contributed by atoms with Crippen LogP contribution in [0.15, 0.2) is 0 Å². The van der Waals surface area contributed by atoms with Gasteiger partial charge in [0.25, 0.3) is 0 Å². The van der Waals surface area contributed by atoms with Crippen molar-refractivity contribution < 1.29 is 14.7 Å². The predicted octanol–water partition coefficient (Wildman–Crippen LogP) is 1.89. The molecule has 0 aliphatic heterocycles. The zero-order valence-corrected chi connectivity index (χ0v) is 10.1. The van der Waals surface area contributed by atoms with E-state index in [1.165, 1.54) is 18.2 Å². The Morgan fingerprint density at radius 3 is 2.25 bits per heavy atom. The molecule has 1 unspecified atom stereocenters. The molecule has 1 rings (SSSR count). The zero-order chi connectivity index (χ0) is 12.1. The van der Waals surface area contributed by atoms with Gasteiger partial charge in [-0.2, -0.15) is 0 Å². The van der Waals surface area contributed by atoms with Crippen molar-refractivity contribution in [2.75, 3.05) is 6.54 Å². The fourth-order valence-electron chi connectivity index (χ4n) is 2.65. The lowest BCUT2D eigenvalue weighted by atomic mass is 9.83. The Labute approximate surface area is 96.6 Å². The van der Waals surface area contributed by atoms with Crippen molar-refractivity contribution in [3.63, 3.8) is 0 Å². The first kappa shape index (κ1) is 13.0. The fraction of sp³-hybridized carbons (Fsp3) is 0.833. The Balaban J connectivity index is 2.79. The molecule has 16 heavy (non-hydrogen) atoms. The molecule has 1 saturated carbocycles. The molecule has 0 spiro atoms. The van der Waals surface area contributed by atoms with Crippen LogP contribution < -0.4 is 0 Å². The van der Waals surface area contributed by atoms with Crippen LogP contribution in [0.2, 0.25) is 0 Å². The molecule has 0 aromatic rings. The van der Waals surface area contributed by atoms with Gasteiger partial charge in [0, 0.05) is 13.5 Å². The summed E-state index contributed by atoms with van der Waals surface area (Å²) < 4.78 is 0. The quantitative estimate of drug-likeness (QED) is 0.797. The van der Waals surface area contributed by atoms with E-state index in [0.29, 0.717) is 6.54 Å². The Morgan fingerprint density at radius 2 is 1.88 bits per heavy atom. The Kier molecular flexibility index (Phi) is 4.77. The second-order valence-electron chi connectivity index (χ2n) is 4.49. The van der Waals surface area contributed by atoms with Gasteiger partial charge in [0.05, 0.1) is 0 Å². The summed E-state index contributed by atoms with van der Waals surface area (Å²) in [7, 11) is 0. The van der Waals surface area contributed by atoms with Gasteiger partial charge >= 0.3 is 5.97 Å². The molecule has 92 valence electrons. The smallest absolute Gasteiger partial charge is 0.326 e. The van der Waals surface area contributed by atoms with Gasteiger partial charge in [0.15, 0.2) is 0 Å². The number of carbonyl (C=O) groups excluding carboxylic acids is 1. The third-order valence-corrected chi connectivity index (χ3v) is 3.43. The van der Waals surface area contributed by atoms with Gasteiger partial charge in [-0.3, -0.25) is 4.79 Å². The van der Waals surface area contributed by atoms with E-state index in [0.717, 1.165) is 25.7 Å². The molecule has 1 fully saturated rings. The van der Waals surface area contributed by atoms with E-state index in [-0.39, 0.29) is 11.8 Å². The third-order valence-electron chi connectivity index (χ3n) is 3.43. The van der Waals surface area contributed by atoms with Gasteiger partial charge in [-0.05, 0) is 25.7 Å². The summed E-state index contributed by atoms with van der Waals surface area (Å²) in [6.45, 7) is 3.76. The van der Waals surface area contributed by atoms with Gasteiger partial charge in [-0.1, -0.05) is 19.3 Å². The molecule has 0 aromatic carbocycles. The molecule has 1 atom stereocenters. The van der Waals surface area contributed by atoms with Crippen molar-refractivity contribution in [1.29, 1.82) is 0 Å². The number of nitrogens with zero attached hydrogens (tertiary/aromatic N) is 1. The molecule has 0 saturated heterocycles. The lowest BCUT2D eigenvalue weighted by Gasteiger charge is -2.35. The van der Waals surface area contributed by atoms with Crippen LogP contribution in [0.5, 0.6) is 0 Å². The minimum atomic E-state index is -0.857. The zero-order valence-electron chi connectivity index (χ0n) is 10.1. The topological polar surface area (TPSA) is 57.6 Å².